The van der Waals surface area contributed by atoms with Gasteiger partial charge in [0.25, 0.3) is 0 Å². The lowest BCUT2D eigenvalue weighted by atomic mass is 9.89. The van der Waals surface area contributed by atoms with E-state index < -0.39 is 11.8 Å². The van der Waals surface area contributed by atoms with Gasteiger partial charge < -0.3 is 20.9 Å². The van der Waals surface area contributed by atoms with E-state index in [4.69, 9.17) is 5.73 Å². The molecule has 1 saturated heterocycles. The number of carbonyl (C=O) groups is 2. The molecule has 1 aliphatic heterocycles. The Bertz CT molecular complexity index is 926. The minimum atomic E-state index is -0.646. The van der Waals surface area contributed by atoms with Gasteiger partial charge in [-0.05, 0) is 69.0 Å². The third-order valence-electron chi connectivity index (χ3n) is 5.86. The van der Waals surface area contributed by atoms with E-state index in [0.717, 1.165) is 36.9 Å². The van der Waals surface area contributed by atoms with Crippen LogP contribution in [0.5, 0.6) is 0 Å². The molecule has 0 spiro atoms. The van der Waals surface area contributed by atoms with Crippen molar-refractivity contribution in [1.29, 1.82) is 0 Å². The van der Waals surface area contributed by atoms with E-state index in [1.165, 1.54) is 11.8 Å². The second-order valence-electron chi connectivity index (χ2n) is 8.83. The molecule has 0 aliphatic carbocycles. The van der Waals surface area contributed by atoms with Gasteiger partial charge in [0.2, 0.25) is 0 Å². The molecular formula is C24H33N5O2. The van der Waals surface area contributed by atoms with E-state index in [9.17, 15) is 9.59 Å². The van der Waals surface area contributed by atoms with Gasteiger partial charge in [0.05, 0.1) is 17.9 Å². The summed E-state index contributed by atoms with van der Waals surface area (Å²) in [6.45, 7) is 5.49. The molecule has 0 radical (unpaired) electrons. The lowest BCUT2D eigenvalue weighted by Gasteiger charge is -2.38. The highest BCUT2D eigenvalue weighted by atomic mass is 16.2. The van der Waals surface area contributed by atoms with Crippen LogP contribution in [-0.4, -0.2) is 53.8 Å². The molecule has 0 bridgehead atoms. The zero-order valence-corrected chi connectivity index (χ0v) is 18.9. The molecule has 1 aromatic carbocycles. The van der Waals surface area contributed by atoms with Gasteiger partial charge in [0.15, 0.2) is 0 Å². The molecule has 1 aliphatic rings. The number of hydrogen-bond acceptors (Lipinski definition) is 5. The SMILES string of the molecule is Cc1cc(NC(=O)C(=O)N2CC(C)CCC2c2ccc(CCN(C)C)cc2)cnc1N. The fraction of sp³-hybridized carbons (Fsp3) is 0.458. The van der Waals surface area contributed by atoms with E-state index in [1.54, 1.807) is 11.0 Å². The van der Waals surface area contributed by atoms with Crippen molar-refractivity contribution in [1.82, 2.24) is 14.8 Å². The van der Waals surface area contributed by atoms with E-state index in [-0.39, 0.29) is 6.04 Å². The third-order valence-corrected chi connectivity index (χ3v) is 5.86. The fourth-order valence-corrected chi connectivity index (χ4v) is 3.95. The molecule has 7 nitrogen and oxygen atoms in total. The maximum atomic E-state index is 13.1. The molecule has 0 saturated carbocycles. The number of hydrogen-bond donors (Lipinski definition) is 2. The number of amides is 2. The Balaban J connectivity index is 1.74. The summed E-state index contributed by atoms with van der Waals surface area (Å²) >= 11 is 0. The number of nitrogen functional groups attached to an aromatic ring is 1. The van der Waals surface area contributed by atoms with E-state index in [1.807, 2.05) is 6.92 Å². The Labute approximate surface area is 184 Å². The lowest BCUT2D eigenvalue weighted by molar-refractivity contribution is -0.146. The Kier molecular flexibility index (Phi) is 7.28. The topological polar surface area (TPSA) is 91.6 Å². The summed E-state index contributed by atoms with van der Waals surface area (Å²) in [7, 11) is 4.13. The van der Waals surface area contributed by atoms with Crippen molar-refractivity contribution >= 4 is 23.3 Å². The first-order valence-corrected chi connectivity index (χ1v) is 10.8. The number of pyridine rings is 1. The molecule has 1 aromatic heterocycles. The van der Waals surface area contributed by atoms with Crippen LogP contribution in [0.15, 0.2) is 36.5 Å². The van der Waals surface area contributed by atoms with E-state index in [0.29, 0.717) is 24.0 Å². The van der Waals surface area contributed by atoms with Gasteiger partial charge in [-0.3, -0.25) is 9.59 Å². The third kappa shape index (κ3) is 5.82. The van der Waals surface area contributed by atoms with Crippen LogP contribution in [0.2, 0.25) is 0 Å². The predicted octanol–water partition coefficient (Wildman–Crippen LogP) is 3.01. The van der Waals surface area contributed by atoms with Crippen LogP contribution >= 0.6 is 0 Å². The van der Waals surface area contributed by atoms with Crippen LogP contribution in [0.4, 0.5) is 11.5 Å². The molecule has 2 aromatic rings. The number of likely N-dealkylation sites (N-methyl/N-ethyl adjacent to an activating group) is 1. The monoisotopic (exact) mass is 423 g/mol. The molecule has 3 N–H and O–H groups in total. The molecule has 2 heterocycles. The van der Waals surface area contributed by atoms with Crippen LogP contribution < -0.4 is 11.1 Å². The van der Waals surface area contributed by atoms with Crippen molar-refractivity contribution in [2.75, 3.05) is 38.2 Å². The van der Waals surface area contributed by atoms with Gasteiger partial charge in [-0.1, -0.05) is 31.2 Å². The molecule has 2 unspecified atom stereocenters. The first-order chi connectivity index (χ1) is 14.7. The molecular weight excluding hydrogens is 390 g/mol. The zero-order valence-electron chi connectivity index (χ0n) is 18.9. The highest BCUT2D eigenvalue weighted by Crippen LogP contribution is 2.33. The number of likely N-dealkylation sites (tertiary alicyclic amines) is 1. The van der Waals surface area contributed by atoms with Crippen molar-refractivity contribution in [3.63, 3.8) is 0 Å². The van der Waals surface area contributed by atoms with Crippen molar-refractivity contribution in [3.05, 3.63) is 53.2 Å². The fourth-order valence-electron chi connectivity index (χ4n) is 3.95. The van der Waals surface area contributed by atoms with E-state index >= 15 is 0 Å². The van der Waals surface area contributed by atoms with Crippen molar-refractivity contribution in [2.45, 2.75) is 39.2 Å². The summed E-state index contributed by atoms with van der Waals surface area (Å²) in [4.78, 5) is 33.7. The number of benzene rings is 1. The molecule has 3 rings (SSSR count). The molecule has 1 fully saturated rings. The van der Waals surface area contributed by atoms with Crippen molar-refractivity contribution in [2.24, 2.45) is 5.92 Å². The standard InChI is InChI=1S/C24H33N5O2/c1-16-5-10-21(19-8-6-18(7-9-19)11-12-28(3)4)29(15-16)24(31)23(30)27-20-13-17(2)22(25)26-14-20/h6-9,13-14,16,21H,5,10-12,15H2,1-4H3,(H2,25,26)(H,27,30). The first kappa shape index (κ1) is 22.7. The van der Waals surface area contributed by atoms with Gasteiger partial charge in [-0.25, -0.2) is 4.98 Å². The number of piperidine rings is 1. The van der Waals surface area contributed by atoms with Gasteiger partial charge in [0, 0.05) is 13.1 Å². The summed E-state index contributed by atoms with van der Waals surface area (Å²) in [6, 6.07) is 10.1. The maximum absolute atomic E-state index is 13.1. The number of aromatic nitrogens is 1. The summed E-state index contributed by atoms with van der Waals surface area (Å²) in [5.41, 5.74) is 9.30. The van der Waals surface area contributed by atoms with Gasteiger partial charge in [-0.2, -0.15) is 0 Å². The second-order valence-corrected chi connectivity index (χ2v) is 8.83. The minimum absolute atomic E-state index is 0.0939. The van der Waals surface area contributed by atoms with E-state index in [2.05, 4.69) is 60.5 Å². The molecule has 2 amide bonds. The molecule has 31 heavy (non-hydrogen) atoms. The number of nitrogens with two attached hydrogens (primary N) is 1. The van der Waals surface area contributed by atoms with Crippen LogP contribution in [0.25, 0.3) is 0 Å². The number of nitrogens with zero attached hydrogens (tertiary/aromatic N) is 3. The van der Waals surface area contributed by atoms with Gasteiger partial charge in [0.1, 0.15) is 5.82 Å². The quantitative estimate of drug-likeness (QED) is 0.722. The number of nitrogens with one attached hydrogen (secondary N) is 1. The number of aryl methyl sites for hydroxylation is 1. The Morgan fingerprint density at radius 2 is 1.94 bits per heavy atom. The predicted molar refractivity (Wildman–Crippen MR) is 124 cm³/mol. The van der Waals surface area contributed by atoms with Crippen LogP contribution in [0.1, 0.15) is 42.5 Å². The highest BCUT2D eigenvalue weighted by Gasteiger charge is 2.34. The summed E-state index contributed by atoms with van der Waals surface area (Å²) < 4.78 is 0. The highest BCUT2D eigenvalue weighted by molar-refractivity contribution is 6.39. The van der Waals surface area contributed by atoms with Crippen molar-refractivity contribution in [3.8, 4) is 0 Å². The Hall–Kier alpha value is -2.93. The zero-order chi connectivity index (χ0) is 22.5. The van der Waals surface area contributed by atoms with Crippen LogP contribution in [0.3, 0.4) is 0 Å². The Morgan fingerprint density at radius 3 is 2.58 bits per heavy atom. The van der Waals surface area contributed by atoms with Crippen LogP contribution in [0, 0.1) is 12.8 Å². The van der Waals surface area contributed by atoms with Gasteiger partial charge >= 0.3 is 11.8 Å². The smallest absolute Gasteiger partial charge is 0.313 e. The average molecular weight is 424 g/mol. The lowest BCUT2D eigenvalue weighted by Crippen LogP contribution is -2.46. The van der Waals surface area contributed by atoms with Gasteiger partial charge in [-0.15, -0.1) is 0 Å². The minimum Gasteiger partial charge on any atom is -0.383 e. The normalized spacial score (nSPS) is 18.8. The number of anilines is 2. The number of carbonyl (C=O) groups excluding carboxylic acids is 2. The largest absolute Gasteiger partial charge is 0.383 e. The average Bonchev–Trinajstić information content (AvgIpc) is 2.74. The van der Waals surface area contributed by atoms with Crippen LogP contribution in [-0.2, 0) is 16.0 Å². The number of rotatable bonds is 5. The first-order valence-electron chi connectivity index (χ1n) is 10.8. The molecule has 7 heteroatoms. The Morgan fingerprint density at radius 1 is 1.23 bits per heavy atom. The summed E-state index contributed by atoms with van der Waals surface area (Å²) in [5.74, 6) is -0.397. The summed E-state index contributed by atoms with van der Waals surface area (Å²) in [5, 5.41) is 2.68. The molecule has 166 valence electrons. The second kappa shape index (κ2) is 9.92. The van der Waals surface area contributed by atoms with Crippen molar-refractivity contribution < 1.29 is 9.59 Å². The molecule has 2 atom stereocenters. The summed E-state index contributed by atoms with van der Waals surface area (Å²) in [6.07, 6.45) is 4.32. The maximum Gasteiger partial charge on any atom is 0.313 e.